The third-order valence-electron chi connectivity index (χ3n) is 5.53. The van der Waals surface area contributed by atoms with Crippen molar-refractivity contribution in [2.75, 3.05) is 5.32 Å². The van der Waals surface area contributed by atoms with Crippen LogP contribution in [0, 0.1) is 0 Å². The maximum Gasteiger partial charge on any atom is 0.154 e. The van der Waals surface area contributed by atoms with E-state index in [1.165, 1.54) is 0 Å². The molecule has 138 valence electrons. The highest BCUT2D eigenvalue weighted by atomic mass is 15.3. The van der Waals surface area contributed by atoms with Gasteiger partial charge in [-0.1, -0.05) is 12.1 Å². The molecule has 1 aliphatic rings. The van der Waals surface area contributed by atoms with E-state index < -0.39 is 0 Å². The van der Waals surface area contributed by atoms with Crippen LogP contribution in [0.3, 0.4) is 0 Å². The lowest BCUT2D eigenvalue weighted by Crippen LogP contribution is -2.33. The molecule has 0 spiro atoms. The Morgan fingerprint density at radius 3 is 2.78 bits per heavy atom. The molecule has 0 aliphatic heterocycles. The second-order valence-electron chi connectivity index (χ2n) is 7.43. The molecule has 3 heterocycles. The van der Waals surface area contributed by atoms with Gasteiger partial charge in [0.15, 0.2) is 5.65 Å². The predicted octanol–water partition coefficient (Wildman–Crippen LogP) is 2.96. The van der Waals surface area contributed by atoms with Gasteiger partial charge in [0.25, 0.3) is 0 Å². The molecule has 1 aromatic carbocycles. The van der Waals surface area contributed by atoms with E-state index >= 15 is 0 Å². The van der Waals surface area contributed by atoms with E-state index in [1.54, 1.807) is 0 Å². The van der Waals surface area contributed by atoms with Gasteiger partial charge >= 0.3 is 0 Å². The third-order valence-corrected chi connectivity index (χ3v) is 5.53. The van der Waals surface area contributed by atoms with Crippen LogP contribution < -0.4 is 11.1 Å². The molecule has 7 heteroatoms. The number of hydrogen-bond donors (Lipinski definition) is 2. The third kappa shape index (κ3) is 2.94. The smallest absolute Gasteiger partial charge is 0.154 e. The maximum absolute atomic E-state index is 6.02. The summed E-state index contributed by atoms with van der Waals surface area (Å²) < 4.78 is 3.80. The molecule has 27 heavy (non-hydrogen) atoms. The van der Waals surface area contributed by atoms with Crippen molar-refractivity contribution in [1.29, 1.82) is 0 Å². The lowest BCUT2D eigenvalue weighted by molar-refractivity contribution is 0.410. The average molecular weight is 361 g/mol. The standard InChI is InChI=1S/C20H23N7/c1-26-17-10-13(2-3-14(17)11-23-26)18-12-22-20-9-8-19(25-27(18)20)24-16-6-4-15(21)5-7-16/h2-3,8-12,15-16H,4-7,21H2,1H3,(H,24,25)/t15-,16-. The molecular formula is C20H23N7. The minimum Gasteiger partial charge on any atom is -0.366 e. The van der Waals surface area contributed by atoms with Crippen LogP contribution in [0.5, 0.6) is 0 Å². The minimum atomic E-state index is 0.348. The number of nitrogens with one attached hydrogen (secondary N) is 1. The van der Waals surface area contributed by atoms with Crippen LogP contribution in [-0.2, 0) is 7.05 Å². The van der Waals surface area contributed by atoms with Crippen molar-refractivity contribution in [3.05, 3.63) is 42.7 Å². The summed E-state index contributed by atoms with van der Waals surface area (Å²) >= 11 is 0. The molecule has 0 bridgehead atoms. The number of nitrogens with two attached hydrogens (primary N) is 1. The summed E-state index contributed by atoms with van der Waals surface area (Å²) in [6, 6.07) is 11.1. The second-order valence-corrected chi connectivity index (χ2v) is 7.43. The van der Waals surface area contributed by atoms with Crippen molar-refractivity contribution in [1.82, 2.24) is 24.4 Å². The van der Waals surface area contributed by atoms with Gasteiger partial charge in [0.05, 0.1) is 23.6 Å². The normalized spacial score (nSPS) is 20.4. The highest BCUT2D eigenvalue weighted by molar-refractivity contribution is 5.84. The van der Waals surface area contributed by atoms with Crippen LogP contribution in [0.2, 0.25) is 0 Å². The van der Waals surface area contributed by atoms with Crippen LogP contribution in [0.1, 0.15) is 25.7 Å². The number of rotatable bonds is 3. The summed E-state index contributed by atoms with van der Waals surface area (Å²) in [6.45, 7) is 0. The second kappa shape index (κ2) is 6.35. The molecule has 0 unspecified atom stereocenters. The van der Waals surface area contributed by atoms with Crippen molar-refractivity contribution >= 4 is 22.4 Å². The Morgan fingerprint density at radius 1 is 1.07 bits per heavy atom. The zero-order valence-corrected chi connectivity index (χ0v) is 15.3. The van der Waals surface area contributed by atoms with Crippen molar-refractivity contribution in [3.8, 4) is 11.3 Å². The Kier molecular flexibility index (Phi) is 3.82. The summed E-state index contributed by atoms with van der Waals surface area (Å²) in [6.07, 6.45) is 8.08. The monoisotopic (exact) mass is 361 g/mol. The van der Waals surface area contributed by atoms with Crippen LogP contribution >= 0.6 is 0 Å². The molecule has 3 N–H and O–H groups in total. The first kappa shape index (κ1) is 16.3. The number of fused-ring (bicyclic) bond motifs is 2. The van der Waals surface area contributed by atoms with Gasteiger partial charge in [0.1, 0.15) is 5.82 Å². The lowest BCUT2D eigenvalue weighted by atomic mass is 9.92. The number of aryl methyl sites for hydroxylation is 1. The summed E-state index contributed by atoms with van der Waals surface area (Å²) in [4.78, 5) is 4.52. The number of imidazole rings is 1. The summed E-state index contributed by atoms with van der Waals surface area (Å²) in [5, 5.41) is 13.8. The molecule has 1 saturated carbocycles. The van der Waals surface area contributed by atoms with Gasteiger partial charge in [-0.2, -0.15) is 5.10 Å². The van der Waals surface area contributed by atoms with Gasteiger partial charge in [-0.15, -0.1) is 5.10 Å². The quantitative estimate of drug-likeness (QED) is 0.586. The largest absolute Gasteiger partial charge is 0.366 e. The van der Waals surface area contributed by atoms with E-state index in [2.05, 4.69) is 33.6 Å². The van der Waals surface area contributed by atoms with E-state index in [4.69, 9.17) is 10.8 Å². The minimum absolute atomic E-state index is 0.348. The number of hydrogen-bond acceptors (Lipinski definition) is 5. The first-order valence-corrected chi connectivity index (χ1v) is 9.46. The van der Waals surface area contributed by atoms with E-state index in [0.29, 0.717) is 12.1 Å². The molecule has 0 atom stereocenters. The lowest BCUT2D eigenvalue weighted by Gasteiger charge is -2.27. The topological polar surface area (TPSA) is 86.1 Å². The highest BCUT2D eigenvalue weighted by Gasteiger charge is 2.19. The molecule has 7 nitrogen and oxygen atoms in total. The van der Waals surface area contributed by atoms with Gasteiger partial charge in [-0.05, 0) is 43.9 Å². The Morgan fingerprint density at radius 2 is 1.93 bits per heavy atom. The van der Waals surface area contributed by atoms with Crippen molar-refractivity contribution in [3.63, 3.8) is 0 Å². The molecule has 5 rings (SSSR count). The predicted molar refractivity (Wildman–Crippen MR) is 107 cm³/mol. The number of anilines is 1. The zero-order chi connectivity index (χ0) is 18.4. The van der Waals surface area contributed by atoms with E-state index in [9.17, 15) is 0 Å². The zero-order valence-electron chi connectivity index (χ0n) is 15.3. The maximum atomic E-state index is 6.02. The first-order chi connectivity index (χ1) is 13.2. The fraction of sp³-hybridized carbons (Fsp3) is 0.350. The van der Waals surface area contributed by atoms with Crippen LogP contribution in [-0.4, -0.2) is 36.5 Å². The van der Waals surface area contributed by atoms with Crippen molar-refractivity contribution < 1.29 is 0 Å². The van der Waals surface area contributed by atoms with Crippen LogP contribution in [0.15, 0.2) is 42.7 Å². The summed E-state index contributed by atoms with van der Waals surface area (Å²) in [5.41, 5.74) is 10.00. The summed E-state index contributed by atoms with van der Waals surface area (Å²) in [5.74, 6) is 0.879. The molecule has 1 fully saturated rings. The van der Waals surface area contributed by atoms with Gasteiger partial charge in [-0.25, -0.2) is 9.50 Å². The van der Waals surface area contributed by atoms with E-state index in [-0.39, 0.29) is 0 Å². The molecule has 4 aromatic rings. The Labute approximate surface area is 157 Å². The van der Waals surface area contributed by atoms with Gasteiger partial charge in [-0.3, -0.25) is 4.68 Å². The summed E-state index contributed by atoms with van der Waals surface area (Å²) in [7, 11) is 1.96. The SMILES string of the molecule is Cn1ncc2ccc(-c3cnc4ccc(N[C@H]5CC[C@H](N)CC5)nn34)cc21. The number of benzene rings is 1. The highest BCUT2D eigenvalue weighted by Crippen LogP contribution is 2.26. The van der Waals surface area contributed by atoms with E-state index in [0.717, 1.165) is 59.3 Å². The fourth-order valence-electron chi connectivity index (χ4n) is 3.92. The van der Waals surface area contributed by atoms with Crippen LogP contribution in [0.4, 0.5) is 5.82 Å². The van der Waals surface area contributed by atoms with Gasteiger partial charge < -0.3 is 11.1 Å². The molecule has 0 amide bonds. The molecule has 3 aromatic heterocycles. The van der Waals surface area contributed by atoms with Gasteiger partial charge in [0.2, 0.25) is 0 Å². The molecule has 1 aliphatic carbocycles. The number of nitrogens with zero attached hydrogens (tertiary/aromatic N) is 5. The average Bonchev–Trinajstić information content (AvgIpc) is 3.27. The first-order valence-electron chi connectivity index (χ1n) is 9.46. The Balaban J connectivity index is 1.50. The Bertz CT molecular complexity index is 1100. The van der Waals surface area contributed by atoms with Crippen LogP contribution in [0.25, 0.3) is 27.8 Å². The fourth-order valence-corrected chi connectivity index (χ4v) is 3.92. The molecule has 0 radical (unpaired) electrons. The Hall–Kier alpha value is -2.93. The van der Waals surface area contributed by atoms with Gasteiger partial charge in [0, 0.05) is 30.1 Å². The van der Waals surface area contributed by atoms with Crippen molar-refractivity contribution in [2.45, 2.75) is 37.8 Å². The van der Waals surface area contributed by atoms with E-state index in [1.807, 2.05) is 40.8 Å². The molecule has 0 saturated heterocycles. The number of aromatic nitrogens is 5. The molecular weight excluding hydrogens is 338 g/mol. The van der Waals surface area contributed by atoms with Crippen molar-refractivity contribution in [2.24, 2.45) is 12.8 Å².